The number of carbonyl (C=O) groups is 1. The van der Waals surface area contributed by atoms with Crippen LogP contribution in [0.25, 0.3) is 6.08 Å². The van der Waals surface area contributed by atoms with Gasteiger partial charge >= 0.3 is 0 Å². The van der Waals surface area contributed by atoms with Crippen LogP contribution in [-0.4, -0.2) is 35.1 Å². The number of benzene rings is 1. The summed E-state index contributed by atoms with van der Waals surface area (Å²) in [7, 11) is 0. The average molecular weight is 270 g/mol. The molecule has 0 spiro atoms. The number of aliphatic hydroxyl groups excluding tert-OH is 1. The monoisotopic (exact) mass is 270 g/mol. The molecule has 2 atom stereocenters. The molecule has 1 amide bonds. The molecule has 4 nitrogen and oxygen atoms in total. The van der Waals surface area contributed by atoms with E-state index in [1.54, 1.807) is 36.1 Å². The SMILES string of the molecule is CC(O)C1CCN(C(=O)/C=C/c2cccc(C#N)c2)C1. The molecular weight excluding hydrogens is 252 g/mol. The summed E-state index contributed by atoms with van der Waals surface area (Å²) in [5, 5.41) is 18.4. The molecule has 1 aromatic carbocycles. The van der Waals surface area contributed by atoms with E-state index in [1.165, 1.54) is 6.08 Å². The van der Waals surface area contributed by atoms with E-state index < -0.39 is 0 Å². The van der Waals surface area contributed by atoms with Crippen molar-refractivity contribution in [1.29, 1.82) is 5.26 Å². The number of aliphatic hydroxyl groups is 1. The summed E-state index contributed by atoms with van der Waals surface area (Å²) in [5.74, 6) is 0.129. The Morgan fingerprint density at radius 2 is 2.40 bits per heavy atom. The molecular formula is C16H18N2O2. The largest absolute Gasteiger partial charge is 0.393 e. The summed E-state index contributed by atoms with van der Waals surface area (Å²) in [6.07, 6.45) is 3.73. The molecule has 2 unspecified atom stereocenters. The Labute approximate surface area is 118 Å². The molecule has 4 heteroatoms. The highest BCUT2D eigenvalue weighted by molar-refractivity contribution is 5.92. The van der Waals surface area contributed by atoms with Crippen molar-refractivity contribution < 1.29 is 9.90 Å². The number of hydrogen-bond donors (Lipinski definition) is 1. The highest BCUT2D eigenvalue weighted by atomic mass is 16.3. The van der Waals surface area contributed by atoms with Crippen LogP contribution < -0.4 is 0 Å². The maximum Gasteiger partial charge on any atom is 0.246 e. The Kier molecular flexibility index (Phi) is 4.54. The Morgan fingerprint density at radius 1 is 1.60 bits per heavy atom. The number of nitriles is 1. The molecule has 0 aromatic heterocycles. The number of likely N-dealkylation sites (tertiary alicyclic amines) is 1. The Hall–Kier alpha value is -2.12. The number of carbonyl (C=O) groups excluding carboxylic acids is 1. The molecule has 0 aliphatic carbocycles. The maximum absolute atomic E-state index is 12.0. The molecule has 2 rings (SSSR count). The predicted molar refractivity (Wildman–Crippen MR) is 76.6 cm³/mol. The zero-order chi connectivity index (χ0) is 14.5. The third-order valence-corrected chi connectivity index (χ3v) is 3.65. The highest BCUT2D eigenvalue weighted by Crippen LogP contribution is 2.20. The van der Waals surface area contributed by atoms with Gasteiger partial charge in [0.2, 0.25) is 5.91 Å². The van der Waals surface area contributed by atoms with Crippen LogP contribution in [-0.2, 0) is 4.79 Å². The van der Waals surface area contributed by atoms with Gasteiger partial charge in [0.05, 0.1) is 17.7 Å². The molecule has 0 radical (unpaired) electrons. The molecule has 0 saturated carbocycles. The van der Waals surface area contributed by atoms with Crippen LogP contribution in [0.3, 0.4) is 0 Å². The lowest BCUT2D eigenvalue weighted by atomic mass is 10.0. The van der Waals surface area contributed by atoms with Crippen LogP contribution in [0.4, 0.5) is 0 Å². The lowest BCUT2D eigenvalue weighted by Crippen LogP contribution is -2.28. The maximum atomic E-state index is 12.0. The fraction of sp³-hybridized carbons (Fsp3) is 0.375. The van der Waals surface area contributed by atoms with Gasteiger partial charge < -0.3 is 10.0 Å². The molecule has 20 heavy (non-hydrogen) atoms. The van der Waals surface area contributed by atoms with Crippen molar-refractivity contribution in [2.24, 2.45) is 5.92 Å². The van der Waals surface area contributed by atoms with E-state index in [0.717, 1.165) is 12.0 Å². The van der Waals surface area contributed by atoms with Gasteiger partial charge in [-0.15, -0.1) is 0 Å². The van der Waals surface area contributed by atoms with Crippen molar-refractivity contribution >= 4 is 12.0 Å². The van der Waals surface area contributed by atoms with E-state index in [1.807, 2.05) is 6.07 Å². The van der Waals surface area contributed by atoms with Gasteiger partial charge in [-0.1, -0.05) is 12.1 Å². The van der Waals surface area contributed by atoms with Crippen LogP contribution in [0.5, 0.6) is 0 Å². The van der Waals surface area contributed by atoms with Crippen LogP contribution in [0, 0.1) is 17.2 Å². The minimum Gasteiger partial charge on any atom is -0.393 e. The number of hydrogen-bond acceptors (Lipinski definition) is 3. The second-order valence-corrected chi connectivity index (χ2v) is 5.14. The van der Waals surface area contributed by atoms with Crippen molar-refractivity contribution in [1.82, 2.24) is 4.90 Å². The van der Waals surface area contributed by atoms with Crippen LogP contribution in [0.15, 0.2) is 30.3 Å². The second kappa shape index (κ2) is 6.36. The van der Waals surface area contributed by atoms with E-state index in [4.69, 9.17) is 5.26 Å². The van der Waals surface area contributed by atoms with Gasteiger partial charge in [-0.2, -0.15) is 5.26 Å². The first-order valence-electron chi connectivity index (χ1n) is 6.75. The van der Waals surface area contributed by atoms with Crippen LogP contribution in [0.1, 0.15) is 24.5 Å². The average Bonchev–Trinajstić information content (AvgIpc) is 2.95. The van der Waals surface area contributed by atoms with Crippen molar-refractivity contribution in [3.8, 4) is 6.07 Å². The first-order valence-corrected chi connectivity index (χ1v) is 6.75. The molecule has 1 aliphatic heterocycles. The minimum absolute atomic E-state index is 0.0458. The molecule has 1 saturated heterocycles. The molecule has 1 N–H and O–H groups in total. The van der Waals surface area contributed by atoms with Gasteiger partial charge in [0.15, 0.2) is 0 Å². The molecule has 1 heterocycles. The Balaban J connectivity index is 1.98. The number of nitrogens with zero attached hydrogens (tertiary/aromatic N) is 2. The van der Waals surface area contributed by atoms with Crippen molar-refractivity contribution in [3.05, 3.63) is 41.5 Å². The van der Waals surface area contributed by atoms with Crippen LogP contribution >= 0.6 is 0 Å². The van der Waals surface area contributed by atoms with Gasteiger partial charge in [-0.25, -0.2) is 0 Å². The predicted octanol–water partition coefficient (Wildman–Crippen LogP) is 1.80. The summed E-state index contributed by atoms with van der Waals surface area (Å²) >= 11 is 0. The summed E-state index contributed by atoms with van der Waals surface area (Å²) in [6.45, 7) is 3.07. The normalized spacial score (nSPS) is 20.1. The van der Waals surface area contributed by atoms with Gasteiger partial charge in [-0.05, 0) is 37.1 Å². The van der Waals surface area contributed by atoms with Gasteiger partial charge in [0, 0.05) is 25.1 Å². The van der Waals surface area contributed by atoms with Crippen molar-refractivity contribution in [3.63, 3.8) is 0 Å². The highest BCUT2D eigenvalue weighted by Gasteiger charge is 2.27. The van der Waals surface area contributed by atoms with Crippen molar-refractivity contribution in [2.45, 2.75) is 19.4 Å². The molecule has 1 fully saturated rings. The zero-order valence-corrected chi connectivity index (χ0v) is 11.5. The minimum atomic E-state index is -0.371. The van der Waals surface area contributed by atoms with Gasteiger partial charge in [-0.3, -0.25) is 4.79 Å². The standard InChI is InChI=1S/C16H18N2O2/c1-12(19)15-7-8-18(11-15)16(20)6-5-13-3-2-4-14(9-13)10-17/h2-6,9,12,15,19H,7-8,11H2,1H3/b6-5+. The quantitative estimate of drug-likeness (QED) is 0.852. The molecule has 104 valence electrons. The lowest BCUT2D eigenvalue weighted by molar-refractivity contribution is -0.125. The van der Waals surface area contributed by atoms with Gasteiger partial charge in [0.1, 0.15) is 0 Å². The fourth-order valence-corrected chi connectivity index (χ4v) is 2.37. The van der Waals surface area contributed by atoms with Crippen molar-refractivity contribution in [2.75, 3.05) is 13.1 Å². The first kappa shape index (κ1) is 14.3. The van der Waals surface area contributed by atoms with Crippen LogP contribution in [0.2, 0.25) is 0 Å². The smallest absolute Gasteiger partial charge is 0.246 e. The van der Waals surface area contributed by atoms with E-state index in [0.29, 0.717) is 18.7 Å². The van der Waals surface area contributed by atoms with E-state index in [2.05, 4.69) is 6.07 Å². The van der Waals surface area contributed by atoms with E-state index >= 15 is 0 Å². The summed E-state index contributed by atoms with van der Waals surface area (Å²) in [6, 6.07) is 9.19. The molecule has 1 aromatic rings. The summed E-state index contributed by atoms with van der Waals surface area (Å²) in [4.78, 5) is 13.8. The van der Waals surface area contributed by atoms with E-state index in [-0.39, 0.29) is 17.9 Å². The molecule has 1 aliphatic rings. The number of amides is 1. The third-order valence-electron chi connectivity index (χ3n) is 3.65. The molecule has 0 bridgehead atoms. The second-order valence-electron chi connectivity index (χ2n) is 5.14. The Morgan fingerprint density at radius 3 is 3.05 bits per heavy atom. The van der Waals surface area contributed by atoms with Gasteiger partial charge in [0.25, 0.3) is 0 Å². The first-order chi connectivity index (χ1) is 9.60. The fourth-order valence-electron chi connectivity index (χ4n) is 2.37. The topological polar surface area (TPSA) is 64.3 Å². The van der Waals surface area contributed by atoms with E-state index in [9.17, 15) is 9.90 Å². The summed E-state index contributed by atoms with van der Waals surface area (Å²) in [5.41, 5.74) is 1.42. The lowest BCUT2D eigenvalue weighted by Gasteiger charge is -2.15. The summed E-state index contributed by atoms with van der Waals surface area (Å²) < 4.78 is 0. The Bertz CT molecular complexity index is 558. The third kappa shape index (κ3) is 3.46. The zero-order valence-electron chi connectivity index (χ0n) is 11.5. The number of rotatable bonds is 3.